The van der Waals surface area contributed by atoms with E-state index in [9.17, 15) is 19.8 Å². The molecule has 0 spiro atoms. The first-order valence-corrected chi connectivity index (χ1v) is 26.1. The van der Waals surface area contributed by atoms with Crippen molar-refractivity contribution in [3.05, 3.63) is 60.8 Å². The number of ether oxygens (including phenoxy) is 1. The normalized spacial score (nSPS) is 13.2. The number of unbranched alkanes of at least 4 members (excludes halogenated alkanes) is 28. The number of amides is 1. The van der Waals surface area contributed by atoms with Crippen molar-refractivity contribution >= 4 is 11.9 Å². The number of allylic oxidation sites excluding steroid dienone is 9. The summed E-state index contributed by atoms with van der Waals surface area (Å²) in [5.41, 5.74) is 0. The lowest BCUT2D eigenvalue weighted by Crippen LogP contribution is -2.45. The second kappa shape index (κ2) is 50.2. The first kappa shape index (κ1) is 58.6. The average Bonchev–Trinajstić information content (AvgIpc) is 3.26. The molecule has 1 amide bonds. The smallest absolute Gasteiger partial charge is 0.305 e. The summed E-state index contributed by atoms with van der Waals surface area (Å²) in [5, 5.41) is 22.9. The largest absolute Gasteiger partial charge is 0.466 e. The minimum absolute atomic E-state index is 0.0271. The van der Waals surface area contributed by atoms with E-state index in [0.29, 0.717) is 25.9 Å². The highest BCUT2D eigenvalue weighted by atomic mass is 16.5. The third kappa shape index (κ3) is 46.9. The number of esters is 1. The lowest BCUT2D eigenvalue weighted by molar-refractivity contribution is -0.143. The molecule has 0 heterocycles. The molecule has 0 fully saturated rings. The molecule has 0 aromatic heterocycles. The van der Waals surface area contributed by atoms with Gasteiger partial charge in [0, 0.05) is 12.8 Å². The molecule has 2 unspecified atom stereocenters. The molecule has 0 aliphatic rings. The Morgan fingerprint density at radius 3 is 1.30 bits per heavy atom. The molecule has 0 aliphatic carbocycles. The average molecular weight is 854 g/mol. The molecule has 0 radical (unpaired) electrons. The minimum atomic E-state index is -0.880. The summed E-state index contributed by atoms with van der Waals surface area (Å²) < 4.78 is 5.46. The van der Waals surface area contributed by atoms with Crippen molar-refractivity contribution < 1.29 is 24.5 Å². The van der Waals surface area contributed by atoms with Crippen LogP contribution in [0.2, 0.25) is 0 Å². The second-order valence-corrected chi connectivity index (χ2v) is 17.5. The van der Waals surface area contributed by atoms with Crippen LogP contribution in [-0.4, -0.2) is 47.4 Å². The van der Waals surface area contributed by atoms with E-state index < -0.39 is 12.1 Å². The van der Waals surface area contributed by atoms with Crippen LogP contribution in [0.25, 0.3) is 0 Å². The Balaban J connectivity index is 3.58. The number of carbonyl (C=O) groups is 2. The van der Waals surface area contributed by atoms with Gasteiger partial charge in [-0.2, -0.15) is 0 Å². The Labute approximate surface area is 378 Å². The zero-order valence-corrected chi connectivity index (χ0v) is 40.1. The molecule has 3 N–H and O–H groups in total. The maximum absolute atomic E-state index is 12.4. The highest BCUT2D eigenvalue weighted by molar-refractivity contribution is 5.76. The molecule has 0 rings (SSSR count). The van der Waals surface area contributed by atoms with E-state index in [1.54, 1.807) is 6.08 Å². The Morgan fingerprint density at radius 2 is 0.836 bits per heavy atom. The van der Waals surface area contributed by atoms with Crippen molar-refractivity contribution in [3.8, 4) is 0 Å². The number of hydrogen-bond donors (Lipinski definition) is 3. The zero-order chi connectivity index (χ0) is 44.4. The topological polar surface area (TPSA) is 95.9 Å². The van der Waals surface area contributed by atoms with Crippen LogP contribution in [-0.2, 0) is 14.3 Å². The maximum Gasteiger partial charge on any atom is 0.305 e. The zero-order valence-electron chi connectivity index (χ0n) is 40.1. The molecule has 0 bridgehead atoms. The van der Waals surface area contributed by atoms with Crippen molar-refractivity contribution in [3.63, 3.8) is 0 Å². The van der Waals surface area contributed by atoms with Gasteiger partial charge in [0.2, 0.25) is 5.91 Å². The van der Waals surface area contributed by atoms with Gasteiger partial charge in [0.15, 0.2) is 0 Å². The van der Waals surface area contributed by atoms with Crippen molar-refractivity contribution in [1.29, 1.82) is 0 Å². The number of rotatable bonds is 47. The van der Waals surface area contributed by atoms with Crippen LogP contribution in [0.4, 0.5) is 0 Å². The van der Waals surface area contributed by atoms with Gasteiger partial charge in [0.05, 0.1) is 25.4 Å². The summed E-state index contributed by atoms with van der Waals surface area (Å²) >= 11 is 0. The van der Waals surface area contributed by atoms with E-state index in [2.05, 4.69) is 61.7 Å². The fourth-order valence-corrected chi connectivity index (χ4v) is 7.48. The second-order valence-electron chi connectivity index (χ2n) is 17.5. The Hall–Kier alpha value is -2.44. The summed E-state index contributed by atoms with van der Waals surface area (Å²) in [6.45, 7) is 4.80. The van der Waals surface area contributed by atoms with Crippen molar-refractivity contribution in [1.82, 2.24) is 5.32 Å². The van der Waals surface area contributed by atoms with Crippen LogP contribution < -0.4 is 5.32 Å². The van der Waals surface area contributed by atoms with Gasteiger partial charge in [-0.15, -0.1) is 0 Å². The van der Waals surface area contributed by atoms with Crippen LogP contribution in [0.1, 0.15) is 251 Å². The van der Waals surface area contributed by atoms with Crippen LogP contribution in [0, 0.1) is 0 Å². The van der Waals surface area contributed by atoms with Gasteiger partial charge in [-0.05, 0) is 83.5 Å². The summed E-state index contributed by atoms with van der Waals surface area (Å²) in [7, 11) is 0. The first-order valence-electron chi connectivity index (χ1n) is 26.1. The number of aliphatic hydroxyl groups excluding tert-OH is 2. The standard InChI is InChI=1S/C55H99NO5/c1-3-5-7-9-11-13-15-17-18-19-20-21-25-29-33-37-41-45-49-55(60)61-50-46-42-38-34-30-26-22-24-28-32-36-40-44-48-54(59)56-52(51-57)53(58)47-43-39-35-31-27-23-16-14-12-10-8-6-4-2/h13,15,18-19,24,28,36,40,43,47,52-53,57-58H,3-12,14,16-17,20-23,25-27,29-35,37-39,41-42,44-46,48-51H2,1-2H3,(H,56,59)/b15-13-,19-18-,28-24-,40-36-,47-43+. The molecule has 2 atom stereocenters. The molecule has 0 aliphatic heterocycles. The maximum atomic E-state index is 12.4. The van der Waals surface area contributed by atoms with Crippen molar-refractivity contribution in [2.24, 2.45) is 0 Å². The Bertz CT molecular complexity index is 1080. The number of carbonyl (C=O) groups excluding carboxylic acids is 2. The van der Waals surface area contributed by atoms with Crippen LogP contribution in [0.3, 0.4) is 0 Å². The van der Waals surface area contributed by atoms with Gasteiger partial charge in [-0.3, -0.25) is 9.59 Å². The van der Waals surface area contributed by atoms with Gasteiger partial charge < -0.3 is 20.3 Å². The lowest BCUT2D eigenvalue weighted by atomic mass is 10.0. The molecule has 61 heavy (non-hydrogen) atoms. The first-order chi connectivity index (χ1) is 30.0. The number of hydrogen-bond acceptors (Lipinski definition) is 5. The molecule has 0 saturated heterocycles. The van der Waals surface area contributed by atoms with Gasteiger partial charge in [-0.1, -0.05) is 216 Å². The van der Waals surface area contributed by atoms with E-state index in [-0.39, 0.29) is 18.5 Å². The SMILES string of the molecule is CCCCCC/C=C\C/C=C\CCCCCCCCCC(=O)OCCCCCCCC/C=C\C/C=C\CCC(=O)NC(CO)C(O)/C=C/CCCCCCCCCCCCC. The molecular weight excluding hydrogens is 755 g/mol. The summed E-state index contributed by atoms with van der Waals surface area (Å²) in [4.78, 5) is 24.4. The minimum Gasteiger partial charge on any atom is -0.466 e. The van der Waals surface area contributed by atoms with Crippen LogP contribution in [0.15, 0.2) is 60.8 Å². The highest BCUT2D eigenvalue weighted by Crippen LogP contribution is 2.14. The number of nitrogens with one attached hydrogen (secondary N) is 1. The summed E-state index contributed by atoms with van der Waals surface area (Å²) in [6, 6.07) is -0.673. The third-order valence-corrected chi connectivity index (χ3v) is 11.5. The van der Waals surface area contributed by atoms with Gasteiger partial charge in [0.25, 0.3) is 0 Å². The number of aliphatic hydroxyl groups is 2. The van der Waals surface area contributed by atoms with Crippen molar-refractivity contribution in [2.75, 3.05) is 13.2 Å². The lowest BCUT2D eigenvalue weighted by Gasteiger charge is -2.19. The third-order valence-electron chi connectivity index (χ3n) is 11.5. The molecule has 6 nitrogen and oxygen atoms in total. The van der Waals surface area contributed by atoms with E-state index >= 15 is 0 Å². The molecule has 354 valence electrons. The molecule has 0 aromatic rings. The summed E-state index contributed by atoms with van der Waals surface area (Å²) in [5.74, 6) is -0.178. The van der Waals surface area contributed by atoms with Crippen LogP contribution in [0.5, 0.6) is 0 Å². The Morgan fingerprint density at radius 1 is 0.459 bits per heavy atom. The van der Waals surface area contributed by atoms with E-state index in [4.69, 9.17) is 4.74 Å². The monoisotopic (exact) mass is 854 g/mol. The van der Waals surface area contributed by atoms with E-state index in [0.717, 1.165) is 57.8 Å². The molecule has 0 aromatic carbocycles. The molecule has 6 heteroatoms. The van der Waals surface area contributed by atoms with Gasteiger partial charge >= 0.3 is 5.97 Å². The molecule has 0 saturated carbocycles. The van der Waals surface area contributed by atoms with E-state index in [1.807, 2.05) is 12.2 Å². The Kier molecular flexibility index (Phi) is 48.2. The fraction of sp³-hybridized carbons (Fsp3) is 0.782. The molecular formula is C55H99NO5. The fourth-order valence-electron chi connectivity index (χ4n) is 7.48. The van der Waals surface area contributed by atoms with Gasteiger partial charge in [-0.25, -0.2) is 0 Å². The van der Waals surface area contributed by atoms with Gasteiger partial charge in [0.1, 0.15) is 0 Å². The highest BCUT2D eigenvalue weighted by Gasteiger charge is 2.17. The summed E-state index contributed by atoms with van der Waals surface area (Å²) in [6.07, 6.45) is 63.7. The van der Waals surface area contributed by atoms with Crippen molar-refractivity contribution in [2.45, 2.75) is 264 Å². The predicted octanol–water partition coefficient (Wildman–Crippen LogP) is 15.6. The van der Waals surface area contributed by atoms with Crippen LogP contribution >= 0.6 is 0 Å². The van der Waals surface area contributed by atoms with E-state index in [1.165, 1.54) is 161 Å². The predicted molar refractivity (Wildman–Crippen MR) is 264 cm³/mol. The quantitative estimate of drug-likeness (QED) is 0.0322.